The number of thiazole rings is 1. The second-order valence-corrected chi connectivity index (χ2v) is 9.65. The van der Waals surface area contributed by atoms with Crippen LogP contribution in [0.4, 0.5) is 5.13 Å². The number of aliphatic carboxylic acids is 1. The van der Waals surface area contributed by atoms with E-state index in [1.165, 1.54) is 23.8 Å². The summed E-state index contributed by atoms with van der Waals surface area (Å²) in [5.74, 6) is -2.61. The first-order chi connectivity index (χ1) is 16.3. The van der Waals surface area contributed by atoms with E-state index in [-0.39, 0.29) is 35.2 Å². The molecule has 0 radical (unpaired) electrons. The van der Waals surface area contributed by atoms with Gasteiger partial charge in [0.2, 0.25) is 5.91 Å². The number of hydrogen-bond acceptors (Lipinski definition) is 11. The molecule has 2 aromatic heterocycles. The number of pyridine rings is 1. The molecule has 178 valence electrons. The number of β-lactam (4-membered cyclic amide) rings is 1. The molecule has 2 aliphatic rings. The highest BCUT2D eigenvalue weighted by Crippen LogP contribution is 2.45. The number of aromatic nitrogens is 2. The Labute approximate surface area is 203 Å². The van der Waals surface area contributed by atoms with Crippen LogP contribution in [-0.2, 0) is 32.3 Å². The van der Waals surface area contributed by atoms with Crippen molar-refractivity contribution in [3.63, 3.8) is 0 Å². The number of fused-ring (bicyclic) bond motifs is 1. The van der Waals surface area contributed by atoms with Crippen LogP contribution in [0.25, 0.3) is 0 Å². The first kappa shape index (κ1) is 23.9. The standard InChI is InChI=1S/C21H22N6O5S2/c1-32-25-16(14-10-34-21(23)24-14)15(28)6-13-18(29)27-17(20(30)31)12(9-33-19(13)27)8-26-4-2-11(7-22)3-5-26/h2-5,10,13,19H,6-9,22H2,1H3,(H2-,23,24,30,31)/b25-16-/t13-,19-/m1/s1. The van der Waals surface area contributed by atoms with Gasteiger partial charge in [0.15, 0.2) is 35.6 Å². The molecule has 1 saturated heterocycles. The monoisotopic (exact) mass is 502 g/mol. The van der Waals surface area contributed by atoms with Gasteiger partial charge in [-0.15, -0.1) is 23.1 Å². The van der Waals surface area contributed by atoms with E-state index in [4.69, 9.17) is 16.3 Å². The normalized spacial score (nSPS) is 20.1. The summed E-state index contributed by atoms with van der Waals surface area (Å²) in [7, 11) is 1.30. The number of oxime groups is 1. The molecule has 0 bridgehead atoms. The zero-order valence-corrected chi connectivity index (χ0v) is 19.8. The Kier molecular flexibility index (Phi) is 6.95. The number of carboxylic acid groups (broad SMARTS) is 1. The quantitative estimate of drug-likeness (QED) is 0.189. The number of carbonyl (C=O) groups is 3. The van der Waals surface area contributed by atoms with Crippen molar-refractivity contribution in [3.8, 4) is 0 Å². The molecule has 4 N–H and O–H groups in total. The minimum Gasteiger partial charge on any atom is -0.543 e. The molecule has 0 aromatic carbocycles. The van der Waals surface area contributed by atoms with E-state index in [0.717, 1.165) is 16.9 Å². The second-order valence-electron chi connectivity index (χ2n) is 7.66. The van der Waals surface area contributed by atoms with E-state index in [1.54, 1.807) is 17.8 Å². The van der Waals surface area contributed by atoms with Gasteiger partial charge in [-0.2, -0.15) is 0 Å². The maximum atomic E-state index is 13.0. The van der Waals surface area contributed by atoms with E-state index in [0.29, 0.717) is 17.9 Å². The third kappa shape index (κ3) is 4.54. The van der Waals surface area contributed by atoms with Crippen LogP contribution in [0, 0.1) is 5.92 Å². The number of ketones is 1. The fourth-order valence-electron chi connectivity index (χ4n) is 3.90. The Morgan fingerprint density at radius 3 is 2.71 bits per heavy atom. The lowest BCUT2D eigenvalue weighted by atomic mass is 9.89. The van der Waals surface area contributed by atoms with E-state index < -0.39 is 29.0 Å². The van der Waals surface area contributed by atoms with Gasteiger partial charge >= 0.3 is 0 Å². The van der Waals surface area contributed by atoms with Crippen LogP contribution < -0.4 is 21.1 Å². The Balaban J connectivity index is 1.52. The van der Waals surface area contributed by atoms with Gasteiger partial charge in [0.1, 0.15) is 12.8 Å². The van der Waals surface area contributed by atoms with Gasteiger partial charge in [-0.1, -0.05) is 5.16 Å². The van der Waals surface area contributed by atoms with Gasteiger partial charge in [0.25, 0.3) is 0 Å². The molecular formula is C21H22N6O5S2. The molecule has 11 nitrogen and oxygen atoms in total. The van der Waals surface area contributed by atoms with Crippen molar-refractivity contribution in [2.45, 2.75) is 24.9 Å². The molecule has 2 aliphatic heterocycles. The molecule has 0 spiro atoms. The van der Waals surface area contributed by atoms with Crippen LogP contribution in [0.5, 0.6) is 0 Å². The predicted octanol–water partition coefficient (Wildman–Crippen LogP) is -0.983. The molecule has 1 amide bonds. The molecule has 0 saturated carbocycles. The molecule has 13 heteroatoms. The fourth-order valence-corrected chi connectivity index (χ4v) is 5.85. The minimum atomic E-state index is -1.42. The maximum absolute atomic E-state index is 13.0. The van der Waals surface area contributed by atoms with Gasteiger partial charge in [0.05, 0.1) is 23.0 Å². The highest BCUT2D eigenvalue weighted by Gasteiger charge is 2.53. The van der Waals surface area contributed by atoms with E-state index in [9.17, 15) is 19.5 Å². The summed E-state index contributed by atoms with van der Waals surface area (Å²) in [5, 5.41) is 17.1. The number of anilines is 1. The van der Waals surface area contributed by atoms with Gasteiger partial charge in [0, 0.05) is 41.8 Å². The number of rotatable bonds is 9. The minimum absolute atomic E-state index is 0.0313. The summed E-state index contributed by atoms with van der Waals surface area (Å²) in [6.45, 7) is 0.692. The summed E-state index contributed by atoms with van der Waals surface area (Å²) >= 11 is 2.57. The number of nitrogens with zero attached hydrogens (tertiary/aromatic N) is 4. The fraction of sp³-hybridized carbons (Fsp3) is 0.333. The molecular weight excluding hydrogens is 480 g/mol. The van der Waals surface area contributed by atoms with Gasteiger partial charge in [-0.25, -0.2) is 9.55 Å². The molecule has 34 heavy (non-hydrogen) atoms. The van der Waals surface area contributed by atoms with Crippen molar-refractivity contribution >= 4 is 51.6 Å². The van der Waals surface area contributed by atoms with Crippen LogP contribution in [0.15, 0.2) is 46.3 Å². The molecule has 4 rings (SSSR count). The van der Waals surface area contributed by atoms with Crippen LogP contribution in [0.2, 0.25) is 0 Å². The zero-order chi connectivity index (χ0) is 24.4. The van der Waals surface area contributed by atoms with Crippen molar-refractivity contribution in [1.29, 1.82) is 0 Å². The largest absolute Gasteiger partial charge is 0.543 e. The molecule has 2 aromatic rings. The van der Waals surface area contributed by atoms with Crippen molar-refractivity contribution < 1.29 is 28.9 Å². The summed E-state index contributed by atoms with van der Waals surface area (Å²) in [4.78, 5) is 47.9. The van der Waals surface area contributed by atoms with Crippen LogP contribution in [-0.4, -0.2) is 51.5 Å². The number of thioether (sulfide) groups is 1. The first-order valence-electron chi connectivity index (χ1n) is 10.3. The number of nitrogen functional groups attached to an aromatic ring is 1. The van der Waals surface area contributed by atoms with Gasteiger partial charge < -0.3 is 26.2 Å². The number of carboxylic acids is 1. The molecule has 4 heterocycles. The third-order valence-electron chi connectivity index (χ3n) is 5.54. The van der Waals surface area contributed by atoms with Crippen molar-refractivity contribution in [2.24, 2.45) is 16.8 Å². The summed E-state index contributed by atoms with van der Waals surface area (Å²) < 4.78 is 1.82. The lowest BCUT2D eigenvalue weighted by molar-refractivity contribution is -0.689. The lowest BCUT2D eigenvalue weighted by Gasteiger charge is -2.50. The Bertz CT molecular complexity index is 1190. The highest BCUT2D eigenvalue weighted by molar-refractivity contribution is 8.00. The van der Waals surface area contributed by atoms with E-state index >= 15 is 0 Å². The van der Waals surface area contributed by atoms with Crippen molar-refractivity contribution in [3.05, 3.63) is 52.4 Å². The highest BCUT2D eigenvalue weighted by atomic mass is 32.2. The van der Waals surface area contributed by atoms with Gasteiger partial charge in [-0.3, -0.25) is 14.5 Å². The number of Topliss-reactive ketones (excluding diaryl/α,β-unsaturated/α-hetero) is 1. The Morgan fingerprint density at radius 1 is 1.38 bits per heavy atom. The van der Waals surface area contributed by atoms with E-state index in [2.05, 4.69) is 10.1 Å². The number of nitrogens with two attached hydrogens (primary N) is 2. The Hall–Kier alpha value is -3.29. The van der Waals surface area contributed by atoms with Crippen molar-refractivity contribution in [1.82, 2.24) is 9.88 Å². The topological polar surface area (TPSA) is 168 Å². The van der Waals surface area contributed by atoms with Crippen LogP contribution >= 0.6 is 23.1 Å². The summed E-state index contributed by atoms with van der Waals surface area (Å²) in [5.41, 5.74) is 12.9. The Morgan fingerprint density at radius 2 is 2.12 bits per heavy atom. The molecule has 1 fully saturated rings. The predicted molar refractivity (Wildman–Crippen MR) is 123 cm³/mol. The number of amides is 1. The van der Waals surface area contributed by atoms with Gasteiger partial charge in [-0.05, 0) is 5.56 Å². The number of carbonyl (C=O) groups excluding carboxylic acids is 3. The molecule has 0 unspecified atom stereocenters. The smallest absolute Gasteiger partial charge is 0.234 e. The molecule has 2 atom stereocenters. The summed E-state index contributed by atoms with van der Waals surface area (Å²) in [6.07, 6.45) is 3.46. The average molecular weight is 503 g/mol. The first-order valence-corrected chi connectivity index (χ1v) is 12.2. The second kappa shape index (κ2) is 9.91. The molecule has 0 aliphatic carbocycles. The number of hydrogen-bond donors (Lipinski definition) is 2. The third-order valence-corrected chi connectivity index (χ3v) is 7.61. The van der Waals surface area contributed by atoms with Crippen molar-refractivity contribution in [2.75, 3.05) is 18.6 Å². The maximum Gasteiger partial charge on any atom is 0.234 e. The van der Waals surface area contributed by atoms with Crippen LogP contribution in [0.1, 0.15) is 17.7 Å². The van der Waals surface area contributed by atoms with E-state index in [1.807, 2.05) is 16.7 Å². The SMILES string of the molecule is CO/N=C(\C(=O)C[C@@H]1C(=O)N2C(C(=O)[O-])=C(C[n+]3ccc(CN)cc3)CS[C@H]12)c1csc(N)n1. The van der Waals surface area contributed by atoms with Crippen LogP contribution in [0.3, 0.4) is 0 Å². The lowest BCUT2D eigenvalue weighted by Crippen LogP contribution is -2.63. The summed E-state index contributed by atoms with van der Waals surface area (Å²) in [6, 6.07) is 3.70. The zero-order valence-electron chi connectivity index (χ0n) is 18.2. The average Bonchev–Trinajstić information content (AvgIpc) is 3.26.